The second-order valence-electron chi connectivity index (χ2n) is 20.1. The van der Waals surface area contributed by atoms with Crippen molar-refractivity contribution in [3.8, 4) is 44.5 Å². The molecule has 0 aromatic heterocycles. The molecule has 20 heteroatoms. The van der Waals surface area contributed by atoms with Gasteiger partial charge in [-0.25, -0.2) is 0 Å². The second kappa shape index (κ2) is 19.6. The quantitative estimate of drug-likeness (QED) is 0.146. The van der Waals surface area contributed by atoms with Gasteiger partial charge in [0.2, 0.25) is 0 Å². The topological polar surface area (TPSA) is 15.6 Å². The minimum absolute atomic E-state index is 0.00590. The Bertz CT molecular complexity index is 4320. The predicted molar refractivity (Wildman–Crippen MR) is 354 cm³/mol. The van der Waals surface area contributed by atoms with E-state index >= 15 is 0 Å². The van der Waals surface area contributed by atoms with Crippen molar-refractivity contribution in [2.45, 2.75) is 12.8 Å². The molecule has 322 valence electrons. The molecule has 10 aromatic rings. The van der Waals surface area contributed by atoms with Gasteiger partial charge < -0.3 is 4.90 Å². The van der Waals surface area contributed by atoms with Gasteiger partial charge in [-0.15, -0.1) is 32.8 Å². The highest BCUT2D eigenvalue weighted by molar-refractivity contribution is 6.73. The molecular formula is C59H22B18N2. The van der Waals surface area contributed by atoms with E-state index in [1.165, 1.54) is 16.0 Å². The molecule has 36 radical (unpaired) electrons. The van der Waals surface area contributed by atoms with Gasteiger partial charge in [-0.2, -0.15) is 0 Å². The lowest BCUT2D eigenvalue weighted by atomic mass is 9.56. The van der Waals surface area contributed by atoms with Gasteiger partial charge in [0.15, 0.2) is 0 Å². The van der Waals surface area contributed by atoms with Crippen molar-refractivity contribution in [3.05, 3.63) is 131 Å². The maximum atomic E-state index is 7.14. The third-order valence-electron chi connectivity index (χ3n) is 15.9. The maximum Gasteiger partial charge on any atom is 0.115 e. The van der Waals surface area contributed by atoms with Gasteiger partial charge in [0.1, 0.15) is 141 Å². The van der Waals surface area contributed by atoms with Gasteiger partial charge >= 0.3 is 0 Å². The molecule has 0 saturated heterocycles. The predicted octanol–water partition coefficient (Wildman–Crippen LogP) is -6.00. The molecule has 0 fully saturated rings. The molecule has 2 nitrogen and oxygen atoms in total. The first-order chi connectivity index (χ1) is 37.7. The minimum atomic E-state index is -0.228. The lowest BCUT2D eigenvalue weighted by Crippen LogP contribution is -2.59. The summed E-state index contributed by atoms with van der Waals surface area (Å²) in [5, 5.41) is 4.57. The van der Waals surface area contributed by atoms with Crippen LogP contribution in [0.15, 0.2) is 114 Å². The summed E-state index contributed by atoms with van der Waals surface area (Å²) in [7, 11) is 121. The molecule has 0 unspecified atom stereocenters. The van der Waals surface area contributed by atoms with Gasteiger partial charge in [0.05, 0.1) is 11.4 Å². The summed E-state index contributed by atoms with van der Waals surface area (Å²) in [6.45, 7) is 0. The van der Waals surface area contributed by atoms with Crippen molar-refractivity contribution in [1.29, 1.82) is 0 Å². The van der Waals surface area contributed by atoms with Crippen molar-refractivity contribution in [2.75, 3.05) is 4.90 Å². The Kier molecular flexibility index (Phi) is 13.1. The Morgan fingerprint density at radius 2 is 0.734 bits per heavy atom. The Balaban J connectivity index is 0.947. The molecule has 2 aliphatic rings. The zero-order valence-corrected chi connectivity index (χ0v) is 42.6. The maximum absolute atomic E-state index is 7.14. The van der Waals surface area contributed by atoms with E-state index in [9.17, 15) is 0 Å². The Morgan fingerprint density at radius 3 is 1.30 bits per heavy atom. The number of rotatable bonds is 7. The Hall–Kier alpha value is -6.64. The highest BCUT2D eigenvalue weighted by atomic mass is 15.2. The highest BCUT2D eigenvalue weighted by Gasteiger charge is 2.31. The zero-order chi connectivity index (χ0) is 55.9. The van der Waals surface area contributed by atoms with Crippen LogP contribution in [0.3, 0.4) is 0 Å². The molecule has 0 saturated carbocycles. The number of anilines is 3. The number of hydrogen-bond donors (Lipinski definition) is 0. The number of para-hydroxylation sites is 1. The second-order valence-corrected chi connectivity index (χ2v) is 20.1. The number of benzene rings is 10. The Morgan fingerprint density at radius 1 is 0.304 bits per heavy atom. The summed E-state index contributed by atoms with van der Waals surface area (Å²) in [4.78, 5) is 6.32. The monoisotopic (exact) mass is 956 g/mol. The van der Waals surface area contributed by atoms with Crippen LogP contribution in [0.4, 0.5) is 22.7 Å². The highest BCUT2D eigenvalue weighted by Crippen LogP contribution is 2.43. The SMILES string of the molecule is [B]c1c([B])c([B])c(-c2c([B])c([B])c(N(c3c([B])c([B])c([B])c([B])c3[B])c3c([B])c([B])c(-c4ccc5c(c4)Cc4c-5ccc5cc(-c6ccc(C7=Nc8ccccc8C7)c7ccccc67)ccc45)c([B])c3[B])c([B])c2[B])c([B])c1[B]. The molecule has 0 bridgehead atoms. The third-order valence-corrected chi connectivity index (χ3v) is 15.9. The fourth-order valence-corrected chi connectivity index (χ4v) is 11.7. The van der Waals surface area contributed by atoms with Crippen LogP contribution in [0.5, 0.6) is 0 Å². The zero-order valence-electron chi connectivity index (χ0n) is 42.6. The van der Waals surface area contributed by atoms with Crippen LogP contribution in [-0.4, -0.2) is 147 Å². The third kappa shape index (κ3) is 7.98. The average molecular weight is 953 g/mol. The molecule has 0 atom stereocenters. The molecule has 0 amide bonds. The van der Waals surface area contributed by atoms with Gasteiger partial charge in [0.25, 0.3) is 0 Å². The summed E-state index contributed by atoms with van der Waals surface area (Å²) in [6.07, 6.45) is 1.42. The van der Waals surface area contributed by atoms with Gasteiger partial charge in [-0.1, -0.05) is 163 Å². The van der Waals surface area contributed by atoms with Crippen LogP contribution in [0.25, 0.3) is 66.1 Å². The molecule has 79 heavy (non-hydrogen) atoms. The fourth-order valence-electron chi connectivity index (χ4n) is 11.7. The number of hydrogen-bond acceptors (Lipinski definition) is 2. The molecule has 0 N–H and O–H groups in total. The first kappa shape index (κ1) is 53.0. The lowest BCUT2D eigenvalue weighted by Gasteiger charge is -2.40. The van der Waals surface area contributed by atoms with E-state index in [1.54, 1.807) is 0 Å². The molecule has 10 aromatic carbocycles. The van der Waals surface area contributed by atoms with Crippen molar-refractivity contribution in [2.24, 2.45) is 4.99 Å². The van der Waals surface area contributed by atoms with Crippen molar-refractivity contribution < 1.29 is 0 Å². The first-order valence-corrected chi connectivity index (χ1v) is 24.9. The van der Waals surface area contributed by atoms with E-state index in [0.717, 1.165) is 72.7 Å². The normalized spacial score (nSPS) is 12.4. The number of fused-ring (bicyclic) bond motifs is 7. The summed E-state index contributed by atoms with van der Waals surface area (Å²) in [6, 6.07) is 38.3. The van der Waals surface area contributed by atoms with E-state index in [4.69, 9.17) is 146 Å². The number of aliphatic imine (C=N–C) groups is 1. The summed E-state index contributed by atoms with van der Waals surface area (Å²) in [5.74, 6) is 0. The molecular weight excluding hydrogens is 931 g/mol. The van der Waals surface area contributed by atoms with Crippen molar-refractivity contribution in [3.63, 3.8) is 0 Å². The van der Waals surface area contributed by atoms with Crippen LogP contribution < -0.4 is 103 Å². The van der Waals surface area contributed by atoms with Crippen LogP contribution in [0.1, 0.15) is 22.3 Å². The Labute approximate surface area is 485 Å². The van der Waals surface area contributed by atoms with Crippen LogP contribution in [0, 0.1) is 0 Å². The van der Waals surface area contributed by atoms with E-state index in [0.29, 0.717) is 17.5 Å². The molecule has 1 aliphatic heterocycles. The van der Waals surface area contributed by atoms with Gasteiger partial charge in [-0.05, 0) is 101 Å². The van der Waals surface area contributed by atoms with Crippen molar-refractivity contribution >= 4 is 290 Å². The largest absolute Gasteiger partial charge is 0.314 e. The fraction of sp³-hybridized carbons (Fsp3) is 0.0339. The number of nitrogens with zero attached hydrogens (tertiary/aromatic N) is 2. The summed E-state index contributed by atoms with van der Waals surface area (Å²) >= 11 is 0. The van der Waals surface area contributed by atoms with E-state index in [-0.39, 0.29) is 127 Å². The average Bonchev–Trinajstić information content (AvgIpc) is 4.07. The van der Waals surface area contributed by atoms with E-state index in [1.807, 2.05) is 24.3 Å². The smallest absolute Gasteiger partial charge is 0.115 e. The van der Waals surface area contributed by atoms with E-state index < -0.39 is 0 Å². The van der Waals surface area contributed by atoms with Crippen LogP contribution in [0.2, 0.25) is 0 Å². The lowest BCUT2D eigenvalue weighted by molar-refractivity contribution is 1.28. The van der Waals surface area contributed by atoms with E-state index in [2.05, 4.69) is 84.9 Å². The molecule has 1 heterocycles. The minimum Gasteiger partial charge on any atom is -0.314 e. The molecule has 1 aliphatic carbocycles. The van der Waals surface area contributed by atoms with Crippen LogP contribution in [-0.2, 0) is 12.8 Å². The summed E-state index contributed by atoms with van der Waals surface area (Å²) < 4.78 is 0. The molecule has 12 rings (SSSR count). The van der Waals surface area contributed by atoms with Gasteiger partial charge in [-0.3, -0.25) is 4.99 Å². The molecule has 0 spiro atoms. The van der Waals surface area contributed by atoms with Crippen LogP contribution >= 0.6 is 0 Å². The first-order valence-electron chi connectivity index (χ1n) is 24.9. The summed E-state index contributed by atoms with van der Waals surface area (Å²) in [5.41, 5.74) is 9.73. The van der Waals surface area contributed by atoms with Crippen molar-refractivity contribution in [1.82, 2.24) is 0 Å². The standard InChI is InChI=1S/C59H22B18N2/c60-39-36(24-11-13-28-25(18-24)19-33-27-12-9-21(17-22(27)10-14-31(28)33)26-15-16-32(30-7-3-2-6-29(26)30)35-20-23-5-1-4-8-34(23)78-35)40(61)52(73)57(51(39)72)79(59-55(76)49(70)48(69)50(71)56(59)77)58-53(74)43(64)38(44(65)54(58)75)37-41(62)45(66)47(68)46(67)42(37)63/h1-18H,19-20H2. The van der Waals surface area contributed by atoms with Gasteiger partial charge in [0, 0.05) is 29.0 Å².